The first kappa shape index (κ1) is 12.2. The molecule has 0 aromatic rings. The van der Waals surface area contributed by atoms with Gasteiger partial charge in [0, 0.05) is 19.6 Å². The molecule has 3 heteroatoms. The molecule has 3 nitrogen and oxygen atoms in total. The van der Waals surface area contributed by atoms with E-state index in [4.69, 9.17) is 10.00 Å². The van der Waals surface area contributed by atoms with Crippen LogP contribution in [0.3, 0.4) is 0 Å². The molecule has 1 fully saturated rings. The highest BCUT2D eigenvalue weighted by Crippen LogP contribution is 2.37. The van der Waals surface area contributed by atoms with Gasteiger partial charge in [-0.2, -0.15) is 5.26 Å². The smallest absolute Gasteiger partial charge is 0.153 e. The Morgan fingerprint density at radius 2 is 2.33 bits per heavy atom. The van der Waals surface area contributed by atoms with E-state index in [1.54, 1.807) is 0 Å². The van der Waals surface area contributed by atoms with Gasteiger partial charge in [0.2, 0.25) is 0 Å². The summed E-state index contributed by atoms with van der Waals surface area (Å²) >= 11 is 0. The summed E-state index contributed by atoms with van der Waals surface area (Å²) in [6.07, 6.45) is 2.71. The van der Waals surface area contributed by atoms with E-state index in [2.05, 4.69) is 19.9 Å². The van der Waals surface area contributed by atoms with Crippen molar-refractivity contribution in [2.24, 2.45) is 11.3 Å². The molecule has 0 amide bonds. The number of nitriles is 1. The van der Waals surface area contributed by atoms with Crippen molar-refractivity contribution in [3.8, 4) is 6.07 Å². The Bertz CT molecular complexity index is 267. The number of hydrogen-bond acceptors (Lipinski definition) is 3. The van der Waals surface area contributed by atoms with Gasteiger partial charge in [-0.15, -0.1) is 0 Å². The predicted octanol–water partition coefficient (Wildman–Crippen LogP) is 2.31. The van der Waals surface area contributed by atoms with Crippen LogP contribution in [0.5, 0.6) is 0 Å². The van der Waals surface area contributed by atoms with E-state index in [9.17, 15) is 4.79 Å². The lowest BCUT2D eigenvalue weighted by Gasteiger charge is -2.18. The number of rotatable bonds is 5. The lowest BCUT2D eigenvalue weighted by Crippen LogP contribution is -2.25. The summed E-state index contributed by atoms with van der Waals surface area (Å²) in [4.78, 5) is 11.6. The zero-order chi connectivity index (χ0) is 11.3. The van der Waals surface area contributed by atoms with E-state index in [-0.39, 0.29) is 5.78 Å². The predicted molar refractivity (Wildman–Crippen MR) is 57.2 cm³/mol. The SMILES string of the molecule is CC(C)COCCC1(C#N)CCCC1=O. The van der Waals surface area contributed by atoms with Crippen LogP contribution in [0.25, 0.3) is 0 Å². The summed E-state index contributed by atoms with van der Waals surface area (Å²) < 4.78 is 5.43. The van der Waals surface area contributed by atoms with Crippen molar-refractivity contribution < 1.29 is 9.53 Å². The second-order valence-corrected chi connectivity index (χ2v) is 4.69. The van der Waals surface area contributed by atoms with Gasteiger partial charge in [0.05, 0.1) is 6.07 Å². The molecular formula is C12H19NO2. The van der Waals surface area contributed by atoms with Gasteiger partial charge in [0.1, 0.15) is 5.41 Å². The van der Waals surface area contributed by atoms with Crippen LogP contribution >= 0.6 is 0 Å². The third kappa shape index (κ3) is 3.04. The Kier molecular flexibility index (Phi) is 4.28. The summed E-state index contributed by atoms with van der Waals surface area (Å²) in [5.74, 6) is 0.612. The standard InChI is InChI=1S/C12H19NO2/c1-10(2)8-15-7-6-12(9-13)5-3-4-11(12)14/h10H,3-8H2,1-2H3. The number of ketones is 1. The Balaban J connectivity index is 2.35. The molecule has 1 aliphatic rings. The molecule has 1 saturated carbocycles. The zero-order valence-corrected chi connectivity index (χ0v) is 9.58. The Morgan fingerprint density at radius 1 is 1.60 bits per heavy atom. The van der Waals surface area contributed by atoms with Gasteiger partial charge < -0.3 is 4.74 Å². The maximum Gasteiger partial charge on any atom is 0.153 e. The van der Waals surface area contributed by atoms with Gasteiger partial charge in [0.25, 0.3) is 0 Å². The van der Waals surface area contributed by atoms with Crippen molar-refractivity contribution in [1.82, 2.24) is 0 Å². The average molecular weight is 209 g/mol. The van der Waals surface area contributed by atoms with E-state index >= 15 is 0 Å². The molecule has 0 aliphatic heterocycles. The minimum atomic E-state index is -0.725. The number of ether oxygens (including phenoxy) is 1. The van der Waals surface area contributed by atoms with Gasteiger partial charge in [-0.05, 0) is 25.2 Å². The molecule has 0 radical (unpaired) electrons. The highest BCUT2D eigenvalue weighted by Gasteiger charge is 2.41. The third-order valence-corrected chi connectivity index (χ3v) is 2.88. The van der Waals surface area contributed by atoms with Crippen LogP contribution in [-0.4, -0.2) is 19.0 Å². The summed E-state index contributed by atoms with van der Waals surface area (Å²) in [5.41, 5.74) is -0.725. The molecule has 0 heterocycles. The number of hydrogen-bond donors (Lipinski definition) is 0. The molecular weight excluding hydrogens is 190 g/mol. The summed E-state index contributed by atoms with van der Waals surface area (Å²) in [7, 11) is 0. The van der Waals surface area contributed by atoms with Gasteiger partial charge in [-0.3, -0.25) is 4.79 Å². The first-order chi connectivity index (χ1) is 7.10. The quantitative estimate of drug-likeness (QED) is 0.653. The average Bonchev–Trinajstić information content (AvgIpc) is 2.55. The van der Waals surface area contributed by atoms with Gasteiger partial charge >= 0.3 is 0 Å². The Hall–Kier alpha value is -0.880. The second-order valence-electron chi connectivity index (χ2n) is 4.69. The van der Waals surface area contributed by atoms with Crippen molar-refractivity contribution in [3.63, 3.8) is 0 Å². The van der Waals surface area contributed by atoms with Crippen LogP contribution in [0.2, 0.25) is 0 Å². The topological polar surface area (TPSA) is 50.1 Å². The molecule has 0 spiro atoms. The number of carbonyl (C=O) groups is 1. The van der Waals surface area contributed by atoms with Crippen molar-refractivity contribution in [2.75, 3.05) is 13.2 Å². The number of carbonyl (C=O) groups excluding carboxylic acids is 1. The fourth-order valence-electron chi connectivity index (χ4n) is 1.93. The van der Waals surface area contributed by atoms with Crippen LogP contribution in [0, 0.1) is 22.7 Å². The molecule has 0 bridgehead atoms. The van der Waals surface area contributed by atoms with Crippen molar-refractivity contribution in [3.05, 3.63) is 0 Å². The molecule has 1 rings (SSSR count). The summed E-state index contributed by atoms with van der Waals surface area (Å²) in [5, 5.41) is 9.07. The van der Waals surface area contributed by atoms with Crippen LogP contribution in [0.15, 0.2) is 0 Å². The lowest BCUT2D eigenvalue weighted by atomic mass is 9.84. The normalized spacial score (nSPS) is 25.9. The van der Waals surface area contributed by atoms with Crippen LogP contribution in [0.4, 0.5) is 0 Å². The zero-order valence-electron chi connectivity index (χ0n) is 9.58. The lowest BCUT2D eigenvalue weighted by molar-refractivity contribution is -0.124. The van der Waals surface area contributed by atoms with E-state index in [1.165, 1.54) is 0 Å². The maximum absolute atomic E-state index is 11.6. The van der Waals surface area contributed by atoms with E-state index < -0.39 is 5.41 Å². The van der Waals surface area contributed by atoms with Crippen LogP contribution in [-0.2, 0) is 9.53 Å². The summed E-state index contributed by atoms with van der Waals surface area (Å²) in [6, 6.07) is 2.19. The molecule has 0 N–H and O–H groups in total. The minimum absolute atomic E-state index is 0.109. The number of Topliss-reactive ketones (excluding diaryl/α,β-unsaturated/α-hetero) is 1. The minimum Gasteiger partial charge on any atom is -0.381 e. The Labute approximate surface area is 91.4 Å². The molecule has 1 aliphatic carbocycles. The van der Waals surface area contributed by atoms with E-state index in [1.807, 2.05) is 0 Å². The third-order valence-electron chi connectivity index (χ3n) is 2.88. The Morgan fingerprint density at radius 3 is 2.80 bits per heavy atom. The molecule has 1 unspecified atom stereocenters. The molecule has 15 heavy (non-hydrogen) atoms. The largest absolute Gasteiger partial charge is 0.381 e. The van der Waals surface area contributed by atoms with Crippen molar-refractivity contribution in [1.29, 1.82) is 5.26 Å². The van der Waals surface area contributed by atoms with Gasteiger partial charge in [0.15, 0.2) is 5.78 Å². The fraction of sp³-hybridized carbons (Fsp3) is 0.833. The van der Waals surface area contributed by atoms with Crippen molar-refractivity contribution >= 4 is 5.78 Å². The molecule has 0 saturated heterocycles. The van der Waals surface area contributed by atoms with Crippen LogP contribution < -0.4 is 0 Å². The second kappa shape index (κ2) is 5.27. The molecule has 84 valence electrons. The monoisotopic (exact) mass is 209 g/mol. The number of nitrogens with zero attached hydrogens (tertiary/aromatic N) is 1. The first-order valence-electron chi connectivity index (χ1n) is 5.63. The van der Waals surface area contributed by atoms with Gasteiger partial charge in [-0.25, -0.2) is 0 Å². The maximum atomic E-state index is 11.6. The van der Waals surface area contributed by atoms with Crippen LogP contribution in [0.1, 0.15) is 39.5 Å². The highest BCUT2D eigenvalue weighted by atomic mass is 16.5. The molecule has 0 aromatic carbocycles. The van der Waals surface area contributed by atoms with Gasteiger partial charge in [-0.1, -0.05) is 13.8 Å². The molecule has 1 atom stereocenters. The van der Waals surface area contributed by atoms with E-state index in [0.717, 1.165) is 6.42 Å². The highest BCUT2D eigenvalue weighted by molar-refractivity contribution is 5.89. The van der Waals surface area contributed by atoms with E-state index in [0.29, 0.717) is 38.4 Å². The summed E-state index contributed by atoms with van der Waals surface area (Å²) in [6.45, 7) is 5.40. The molecule has 0 aromatic heterocycles. The fourth-order valence-corrected chi connectivity index (χ4v) is 1.93. The van der Waals surface area contributed by atoms with Crippen molar-refractivity contribution in [2.45, 2.75) is 39.5 Å². The first-order valence-corrected chi connectivity index (χ1v) is 5.63.